The molecule has 0 unspecified atom stereocenters. The molecule has 1 aromatic rings. The topological polar surface area (TPSA) is 3.01 Å². The van der Waals surface area contributed by atoms with Crippen LogP contribution >= 0.6 is 0 Å². The van der Waals surface area contributed by atoms with Crippen molar-refractivity contribution in [1.82, 2.24) is 4.58 Å². The van der Waals surface area contributed by atoms with Gasteiger partial charge >= 0.3 is 0 Å². The number of benzene rings is 1. The summed E-state index contributed by atoms with van der Waals surface area (Å²) in [4.78, 5) is 0. The molecule has 3 rings (SSSR count). The zero-order valence-electron chi connectivity index (χ0n) is 9.47. The number of aryl methyl sites for hydroxylation is 1. The van der Waals surface area contributed by atoms with Crippen LogP contribution < -0.4 is 15.2 Å². The minimum absolute atomic E-state index is 1.23. The van der Waals surface area contributed by atoms with Crippen LogP contribution in [-0.2, 0) is 12.8 Å². The second kappa shape index (κ2) is 3.19. The van der Waals surface area contributed by atoms with E-state index in [4.69, 9.17) is 0 Å². The molecule has 15 heavy (non-hydrogen) atoms. The molecule has 0 amide bonds. The Balaban J connectivity index is 2.42. The normalized spacial score (nSPS) is 18.9. The first-order chi connectivity index (χ1) is 7.27. The number of rotatable bonds is 0. The summed E-state index contributed by atoms with van der Waals surface area (Å²) in [5, 5.41) is 2.81. The van der Waals surface area contributed by atoms with E-state index in [-0.39, 0.29) is 0 Å². The zero-order valence-corrected chi connectivity index (χ0v) is 9.47. The fourth-order valence-electron chi connectivity index (χ4n) is 3.04. The minimum Gasteiger partial charge on any atom is -0.229 e. The summed E-state index contributed by atoms with van der Waals surface area (Å²) in [6.07, 6.45) is 5.17. The van der Waals surface area contributed by atoms with Crippen molar-refractivity contribution in [3.63, 3.8) is 0 Å². The first kappa shape index (κ1) is 9.14. The molecule has 0 fully saturated rings. The van der Waals surface area contributed by atoms with Gasteiger partial charge < -0.3 is 0 Å². The van der Waals surface area contributed by atoms with Gasteiger partial charge in [-0.05, 0) is 36.6 Å². The van der Waals surface area contributed by atoms with Crippen molar-refractivity contribution in [2.45, 2.75) is 32.6 Å². The maximum atomic E-state index is 4.17. The van der Waals surface area contributed by atoms with E-state index in [1.54, 1.807) is 16.5 Å². The van der Waals surface area contributed by atoms with E-state index in [1.165, 1.54) is 49.6 Å². The van der Waals surface area contributed by atoms with E-state index < -0.39 is 0 Å². The van der Waals surface area contributed by atoms with Gasteiger partial charge in [0.2, 0.25) is 5.36 Å². The molecular formula is C14H18N+. The second-order valence-electron chi connectivity index (χ2n) is 4.84. The summed E-state index contributed by atoms with van der Waals surface area (Å²) in [7, 11) is 0. The Kier molecular flexibility index (Phi) is 1.95. The molecule has 2 aliphatic rings. The van der Waals surface area contributed by atoms with Crippen LogP contribution in [0.4, 0.5) is 0 Å². The van der Waals surface area contributed by atoms with E-state index in [9.17, 15) is 0 Å². The summed E-state index contributed by atoms with van der Waals surface area (Å²) < 4.78 is 2.59. The highest BCUT2D eigenvalue weighted by molar-refractivity contribution is 5.36. The molecule has 0 bridgehead atoms. The average Bonchev–Trinajstić information content (AvgIpc) is 2.54. The fourth-order valence-corrected chi connectivity index (χ4v) is 3.04. The van der Waals surface area contributed by atoms with Crippen LogP contribution in [0.2, 0.25) is 0 Å². The number of hydrogen-bond donors (Lipinski definition) is 0. The Morgan fingerprint density at radius 1 is 1.20 bits per heavy atom. The quantitative estimate of drug-likeness (QED) is 0.545. The van der Waals surface area contributed by atoms with Crippen molar-refractivity contribution in [2.24, 2.45) is 0 Å². The molecule has 1 aromatic carbocycles. The van der Waals surface area contributed by atoms with Gasteiger partial charge in [0.1, 0.15) is 13.1 Å². The molecule has 0 saturated carbocycles. The zero-order chi connectivity index (χ0) is 10.4. The molecule has 0 saturated heterocycles. The molecule has 1 heteroatoms. The molecule has 0 atom stereocenters. The van der Waals surface area contributed by atoms with Crippen LogP contribution in [0.3, 0.4) is 0 Å². The maximum Gasteiger partial charge on any atom is 0.206 e. The standard InChI is InChI=1S/C14H18N/c1-10-9-12-5-3-4-7-15-8-6-13(11(10)2)14(12)15/h9H,1,3-8H2,2H3/q+1. The summed E-state index contributed by atoms with van der Waals surface area (Å²) in [5.41, 5.74) is 4.56. The Bertz CT molecular complexity index is 525. The number of hydrogen-bond acceptors (Lipinski definition) is 0. The Hall–Kier alpha value is -1.11. The van der Waals surface area contributed by atoms with Gasteiger partial charge in [0.05, 0.1) is 0 Å². The third-order valence-corrected chi connectivity index (χ3v) is 3.94. The predicted molar refractivity (Wildman–Crippen MR) is 63.6 cm³/mol. The Morgan fingerprint density at radius 2 is 2.07 bits per heavy atom. The van der Waals surface area contributed by atoms with E-state index >= 15 is 0 Å². The van der Waals surface area contributed by atoms with Crippen LogP contribution in [0.1, 0.15) is 29.5 Å². The molecule has 0 aliphatic carbocycles. The average molecular weight is 200 g/mol. The molecule has 0 aromatic heterocycles. The highest BCUT2D eigenvalue weighted by Crippen LogP contribution is 2.11. The summed E-state index contributed by atoms with van der Waals surface area (Å²) in [6, 6.07) is 2.32. The van der Waals surface area contributed by atoms with E-state index in [0.717, 1.165) is 0 Å². The molecule has 2 heterocycles. The maximum absolute atomic E-state index is 4.17. The van der Waals surface area contributed by atoms with Gasteiger partial charge in [0.25, 0.3) is 0 Å². The third-order valence-electron chi connectivity index (χ3n) is 3.94. The minimum atomic E-state index is 1.23. The second-order valence-corrected chi connectivity index (χ2v) is 4.84. The Labute approximate surface area is 90.8 Å². The first-order valence-electron chi connectivity index (χ1n) is 5.99. The molecule has 78 valence electrons. The van der Waals surface area contributed by atoms with Crippen molar-refractivity contribution in [2.75, 3.05) is 13.1 Å². The molecule has 2 aliphatic heterocycles. The molecule has 0 spiro atoms. The van der Waals surface area contributed by atoms with Gasteiger partial charge in [-0.1, -0.05) is 6.58 Å². The van der Waals surface area contributed by atoms with Gasteiger partial charge in [-0.3, -0.25) is 0 Å². The summed E-state index contributed by atoms with van der Waals surface area (Å²) >= 11 is 0. The summed E-state index contributed by atoms with van der Waals surface area (Å²) in [5.74, 6) is 0. The van der Waals surface area contributed by atoms with Crippen LogP contribution in [0.25, 0.3) is 6.58 Å². The van der Waals surface area contributed by atoms with E-state index in [0.29, 0.717) is 0 Å². The highest BCUT2D eigenvalue weighted by Gasteiger charge is 2.25. The van der Waals surface area contributed by atoms with Crippen molar-refractivity contribution in [1.29, 1.82) is 0 Å². The monoisotopic (exact) mass is 200 g/mol. The lowest BCUT2D eigenvalue weighted by Gasteiger charge is -2.02. The fraction of sp³-hybridized carbons (Fsp3) is 0.500. The number of nitrogens with zero attached hydrogens (tertiary/aromatic N) is 1. The van der Waals surface area contributed by atoms with Crippen LogP contribution in [-0.4, -0.2) is 13.1 Å². The molecule has 0 N–H and O–H groups in total. The largest absolute Gasteiger partial charge is 0.229 e. The summed E-state index contributed by atoms with van der Waals surface area (Å²) in [6.45, 7) is 8.88. The van der Waals surface area contributed by atoms with Crippen LogP contribution in [0, 0.1) is 6.92 Å². The molecule has 1 nitrogen and oxygen atoms in total. The van der Waals surface area contributed by atoms with Gasteiger partial charge in [-0.25, -0.2) is 4.58 Å². The first-order valence-corrected chi connectivity index (χ1v) is 5.99. The van der Waals surface area contributed by atoms with Gasteiger partial charge in [0.15, 0.2) is 0 Å². The lowest BCUT2D eigenvalue weighted by molar-refractivity contribution is 0.582. The van der Waals surface area contributed by atoms with E-state index in [1.807, 2.05) is 0 Å². The highest BCUT2D eigenvalue weighted by atomic mass is 15.0. The van der Waals surface area contributed by atoms with Crippen molar-refractivity contribution in [3.05, 3.63) is 33.3 Å². The van der Waals surface area contributed by atoms with Crippen molar-refractivity contribution >= 4 is 6.58 Å². The SMILES string of the molecule is C=c1cc2c3c(c1C)CC[N+]=3CCCC2. The smallest absolute Gasteiger partial charge is 0.206 e. The van der Waals surface area contributed by atoms with Crippen molar-refractivity contribution < 1.29 is 0 Å². The van der Waals surface area contributed by atoms with Gasteiger partial charge in [-0.15, -0.1) is 0 Å². The molecule has 0 radical (unpaired) electrons. The van der Waals surface area contributed by atoms with Gasteiger partial charge in [-0.2, -0.15) is 0 Å². The van der Waals surface area contributed by atoms with Crippen LogP contribution in [0.15, 0.2) is 6.07 Å². The Morgan fingerprint density at radius 3 is 2.93 bits per heavy atom. The predicted octanol–water partition coefficient (Wildman–Crippen LogP) is 0.789. The lowest BCUT2D eigenvalue weighted by Crippen LogP contribution is -2.30. The van der Waals surface area contributed by atoms with Gasteiger partial charge in [0, 0.05) is 24.0 Å². The molecular weight excluding hydrogens is 182 g/mol. The third kappa shape index (κ3) is 1.26. The lowest BCUT2D eigenvalue weighted by atomic mass is 9.98. The van der Waals surface area contributed by atoms with Crippen LogP contribution in [0.5, 0.6) is 0 Å². The van der Waals surface area contributed by atoms with E-state index in [2.05, 4.69) is 24.1 Å². The van der Waals surface area contributed by atoms with Crippen molar-refractivity contribution in [3.8, 4) is 0 Å².